The molecule has 2 heterocycles. The molecule has 0 atom stereocenters. The van der Waals surface area contributed by atoms with Crippen LogP contribution in [0.1, 0.15) is 27.7 Å². The molecule has 0 aliphatic carbocycles. The summed E-state index contributed by atoms with van der Waals surface area (Å²) in [6.45, 7) is 7.55. The number of rotatable bonds is 1. The molecule has 0 spiro atoms. The maximum atomic E-state index is 15.2. The molecule has 1 saturated heterocycles. The number of hydrogen-bond acceptors (Lipinski definition) is 3. The first kappa shape index (κ1) is 16.0. The minimum atomic E-state index is -0.924. The molecule has 0 unspecified atom stereocenters. The first-order valence-electron chi connectivity index (χ1n) is 7.86. The van der Waals surface area contributed by atoms with Crippen molar-refractivity contribution in [2.24, 2.45) is 0 Å². The molecule has 24 heavy (non-hydrogen) atoms. The van der Waals surface area contributed by atoms with E-state index in [2.05, 4.69) is 0 Å². The Kier molecular flexibility index (Phi) is 3.34. The summed E-state index contributed by atoms with van der Waals surface area (Å²) in [6.07, 6.45) is 0. The Bertz CT molecular complexity index is 948. The molecule has 0 N–H and O–H groups in total. The van der Waals surface area contributed by atoms with Crippen molar-refractivity contribution in [1.82, 2.24) is 0 Å². The zero-order valence-corrected chi connectivity index (χ0v) is 14.8. The van der Waals surface area contributed by atoms with Gasteiger partial charge in [0.2, 0.25) is 0 Å². The Morgan fingerprint density at radius 1 is 1.00 bits per heavy atom. The molecule has 4 rings (SSSR count). The van der Waals surface area contributed by atoms with Crippen LogP contribution in [-0.4, -0.2) is 18.3 Å². The highest BCUT2D eigenvalue weighted by molar-refractivity contribution is 7.25. The quantitative estimate of drug-likeness (QED) is 0.598. The fourth-order valence-corrected chi connectivity index (χ4v) is 4.09. The fourth-order valence-electron chi connectivity index (χ4n) is 2.98. The van der Waals surface area contributed by atoms with E-state index < -0.39 is 30.0 Å². The van der Waals surface area contributed by atoms with Gasteiger partial charge in [0.15, 0.2) is 0 Å². The molecule has 124 valence electrons. The van der Waals surface area contributed by atoms with Crippen LogP contribution in [0.15, 0.2) is 30.3 Å². The van der Waals surface area contributed by atoms with E-state index in [9.17, 15) is 4.39 Å². The van der Waals surface area contributed by atoms with Crippen molar-refractivity contribution >= 4 is 44.1 Å². The van der Waals surface area contributed by atoms with Gasteiger partial charge in [0, 0.05) is 20.9 Å². The normalized spacial score (nSPS) is 19.5. The number of thiophene rings is 1. The lowest BCUT2D eigenvalue weighted by Crippen LogP contribution is -2.41. The summed E-state index contributed by atoms with van der Waals surface area (Å²) in [5.41, 5.74) is -1.10. The van der Waals surface area contributed by atoms with Gasteiger partial charge in [0.1, 0.15) is 11.6 Å². The summed E-state index contributed by atoms with van der Waals surface area (Å²) in [6, 6.07) is 8.57. The van der Waals surface area contributed by atoms with E-state index >= 15 is 4.39 Å². The molecule has 6 heteroatoms. The maximum Gasteiger partial charge on any atom is 0.497 e. The van der Waals surface area contributed by atoms with Gasteiger partial charge in [-0.15, -0.1) is 11.3 Å². The highest BCUT2D eigenvalue weighted by Crippen LogP contribution is 2.39. The van der Waals surface area contributed by atoms with Gasteiger partial charge in [0.25, 0.3) is 0 Å². The summed E-state index contributed by atoms with van der Waals surface area (Å²) >= 11 is 1.26. The van der Waals surface area contributed by atoms with Crippen LogP contribution < -0.4 is 5.46 Å². The number of hydrogen-bond donors (Lipinski definition) is 0. The zero-order valence-electron chi connectivity index (χ0n) is 13.9. The molecule has 0 saturated carbocycles. The van der Waals surface area contributed by atoms with Crippen molar-refractivity contribution in [3.8, 4) is 0 Å². The van der Waals surface area contributed by atoms with Gasteiger partial charge in [-0.2, -0.15) is 0 Å². The summed E-state index contributed by atoms with van der Waals surface area (Å²) in [4.78, 5) is 0. The Balaban J connectivity index is 1.95. The molecule has 1 aliphatic rings. The summed E-state index contributed by atoms with van der Waals surface area (Å²) < 4.78 is 42.9. The number of halogens is 2. The summed E-state index contributed by atoms with van der Waals surface area (Å²) in [5, 5.41) is 1.02. The largest absolute Gasteiger partial charge is 0.497 e. The van der Waals surface area contributed by atoms with Crippen molar-refractivity contribution in [2.45, 2.75) is 38.9 Å². The third kappa shape index (κ3) is 2.13. The van der Waals surface area contributed by atoms with Crippen molar-refractivity contribution in [1.29, 1.82) is 0 Å². The highest BCUT2D eigenvalue weighted by Gasteiger charge is 2.52. The molecule has 0 bridgehead atoms. The lowest BCUT2D eigenvalue weighted by atomic mass is 9.78. The number of benzene rings is 2. The predicted octanol–water partition coefficient (Wildman–Crippen LogP) is 4.63. The SMILES string of the molecule is CC1(C)OB(c2cc(F)c3sc4ccccc4c3c2F)OC1(C)C. The Morgan fingerprint density at radius 3 is 2.29 bits per heavy atom. The van der Waals surface area contributed by atoms with E-state index in [-0.39, 0.29) is 5.46 Å². The predicted molar refractivity (Wildman–Crippen MR) is 95.0 cm³/mol. The Hall–Kier alpha value is -1.50. The molecular weight excluding hydrogens is 329 g/mol. The van der Waals surface area contributed by atoms with Gasteiger partial charge in [0.05, 0.1) is 15.9 Å². The van der Waals surface area contributed by atoms with Gasteiger partial charge in [-0.3, -0.25) is 0 Å². The summed E-state index contributed by atoms with van der Waals surface area (Å²) in [5.74, 6) is -0.917. The molecule has 0 radical (unpaired) electrons. The molecule has 2 aromatic carbocycles. The third-order valence-corrected chi connectivity index (χ3v) is 6.25. The molecule has 1 aliphatic heterocycles. The smallest absolute Gasteiger partial charge is 0.399 e. The van der Waals surface area contributed by atoms with Crippen LogP contribution in [0.4, 0.5) is 8.78 Å². The van der Waals surface area contributed by atoms with Crippen LogP contribution in [0.5, 0.6) is 0 Å². The van der Waals surface area contributed by atoms with Crippen LogP contribution >= 0.6 is 11.3 Å². The van der Waals surface area contributed by atoms with Crippen LogP contribution in [0.25, 0.3) is 20.2 Å². The zero-order chi connectivity index (χ0) is 17.3. The van der Waals surface area contributed by atoms with E-state index in [0.717, 1.165) is 4.70 Å². The van der Waals surface area contributed by atoms with E-state index in [0.29, 0.717) is 15.5 Å². The van der Waals surface area contributed by atoms with Crippen molar-refractivity contribution < 1.29 is 18.1 Å². The third-order valence-electron chi connectivity index (χ3n) is 5.07. The van der Waals surface area contributed by atoms with Crippen LogP contribution in [0.2, 0.25) is 0 Å². The highest BCUT2D eigenvalue weighted by atomic mass is 32.1. The van der Waals surface area contributed by atoms with E-state index in [1.54, 1.807) is 0 Å². The minimum absolute atomic E-state index is 0.113. The van der Waals surface area contributed by atoms with Gasteiger partial charge >= 0.3 is 7.12 Å². The topological polar surface area (TPSA) is 18.5 Å². The average Bonchev–Trinajstić information content (AvgIpc) is 2.98. The lowest BCUT2D eigenvalue weighted by Gasteiger charge is -2.32. The van der Waals surface area contributed by atoms with Gasteiger partial charge in [-0.05, 0) is 39.8 Å². The minimum Gasteiger partial charge on any atom is -0.399 e. The second kappa shape index (κ2) is 5.00. The van der Waals surface area contributed by atoms with Gasteiger partial charge in [-0.25, -0.2) is 8.78 Å². The second-order valence-corrected chi connectivity index (χ2v) is 8.20. The Labute approximate surface area is 143 Å². The fraction of sp³-hybridized carbons (Fsp3) is 0.333. The lowest BCUT2D eigenvalue weighted by molar-refractivity contribution is 0.00578. The molecule has 3 aromatic rings. The number of fused-ring (bicyclic) bond motifs is 3. The van der Waals surface area contributed by atoms with E-state index in [1.807, 2.05) is 52.0 Å². The molecule has 0 amide bonds. The molecule has 2 nitrogen and oxygen atoms in total. The van der Waals surface area contributed by atoms with Gasteiger partial charge in [-0.1, -0.05) is 18.2 Å². The second-order valence-electron chi connectivity index (χ2n) is 7.15. The maximum absolute atomic E-state index is 15.2. The van der Waals surface area contributed by atoms with Crippen molar-refractivity contribution in [3.63, 3.8) is 0 Å². The monoisotopic (exact) mass is 346 g/mol. The Morgan fingerprint density at radius 2 is 1.62 bits per heavy atom. The van der Waals surface area contributed by atoms with Gasteiger partial charge < -0.3 is 9.31 Å². The molecular formula is C18H17BF2O2S. The van der Waals surface area contributed by atoms with Crippen LogP contribution in [0, 0.1) is 11.6 Å². The first-order valence-corrected chi connectivity index (χ1v) is 8.68. The first-order chi connectivity index (χ1) is 11.2. The molecule has 1 aromatic heterocycles. The van der Waals surface area contributed by atoms with Crippen LogP contribution in [-0.2, 0) is 9.31 Å². The van der Waals surface area contributed by atoms with E-state index in [4.69, 9.17) is 9.31 Å². The molecule has 1 fully saturated rings. The summed E-state index contributed by atoms with van der Waals surface area (Å²) in [7, 11) is -0.924. The van der Waals surface area contributed by atoms with Crippen molar-refractivity contribution in [2.75, 3.05) is 0 Å². The van der Waals surface area contributed by atoms with E-state index in [1.165, 1.54) is 17.4 Å². The average molecular weight is 346 g/mol. The van der Waals surface area contributed by atoms with Crippen LogP contribution in [0.3, 0.4) is 0 Å². The standard InChI is InChI=1S/C18H17BF2O2S/c1-17(2)18(3,4)23-19(22-17)11-9-12(20)16-14(15(11)21)10-7-5-6-8-13(10)24-16/h5-9H,1-4H3. The van der Waals surface area contributed by atoms with Crippen molar-refractivity contribution in [3.05, 3.63) is 42.0 Å².